The number of hydrogen-bond acceptors (Lipinski definition) is 4. The predicted molar refractivity (Wildman–Crippen MR) is 78.2 cm³/mol. The number of aryl methyl sites for hydroxylation is 1. The molecule has 21 heavy (non-hydrogen) atoms. The fourth-order valence-corrected chi connectivity index (χ4v) is 2.36. The van der Waals surface area contributed by atoms with Gasteiger partial charge in [-0.25, -0.2) is 9.37 Å². The minimum absolute atomic E-state index is 0.297. The van der Waals surface area contributed by atoms with E-state index in [4.69, 9.17) is 10.5 Å². The molecule has 2 aromatic heterocycles. The van der Waals surface area contributed by atoms with Gasteiger partial charge in [0, 0.05) is 18.7 Å². The van der Waals surface area contributed by atoms with Crippen LogP contribution in [0.2, 0.25) is 0 Å². The Bertz CT molecular complexity index is 796. The first-order chi connectivity index (χ1) is 10.1. The molecule has 0 fully saturated rings. The molecule has 0 saturated carbocycles. The van der Waals surface area contributed by atoms with E-state index in [9.17, 15) is 4.39 Å². The Morgan fingerprint density at radius 1 is 1.29 bits per heavy atom. The molecule has 3 aromatic rings. The lowest BCUT2D eigenvalue weighted by Gasteiger charge is -2.13. The lowest BCUT2D eigenvalue weighted by atomic mass is 10.0. The summed E-state index contributed by atoms with van der Waals surface area (Å²) in [5.74, 6) is 0.168. The monoisotopic (exact) mass is 286 g/mol. The summed E-state index contributed by atoms with van der Waals surface area (Å²) in [5, 5.41) is 4.33. The SMILES string of the molecule is COCc1nc2cc(C)nn2c(N)c1-c1ccc(F)cc1. The molecule has 0 spiro atoms. The van der Waals surface area contributed by atoms with E-state index < -0.39 is 0 Å². The second-order valence-corrected chi connectivity index (χ2v) is 4.81. The summed E-state index contributed by atoms with van der Waals surface area (Å²) in [4.78, 5) is 4.55. The van der Waals surface area contributed by atoms with Gasteiger partial charge in [0.15, 0.2) is 5.65 Å². The van der Waals surface area contributed by atoms with Crippen molar-refractivity contribution < 1.29 is 9.13 Å². The molecule has 5 nitrogen and oxygen atoms in total. The normalized spacial score (nSPS) is 11.2. The molecule has 0 aliphatic rings. The third-order valence-electron chi connectivity index (χ3n) is 3.25. The second kappa shape index (κ2) is 5.14. The minimum Gasteiger partial charge on any atom is -0.383 e. The van der Waals surface area contributed by atoms with Gasteiger partial charge in [0.1, 0.15) is 11.6 Å². The number of nitrogens with two attached hydrogens (primary N) is 1. The zero-order chi connectivity index (χ0) is 15.0. The summed E-state index contributed by atoms with van der Waals surface area (Å²) < 4.78 is 19.9. The molecule has 1 aromatic carbocycles. The maximum Gasteiger partial charge on any atom is 0.157 e. The molecule has 3 rings (SSSR count). The molecular weight excluding hydrogens is 271 g/mol. The third-order valence-corrected chi connectivity index (χ3v) is 3.25. The van der Waals surface area contributed by atoms with E-state index in [1.165, 1.54) is 12.1 Å². The van der Waals surface area contributed by atoms with E-state index in [1.54, 1.807) is 23.8 Å². The smallest absolute Gasteiger partial charge is 0.157 e. The molecule has 0 aliphatic heterocycles. The Morgan fingerprint density at radius 3 is 2.67 bits per heavy atom. The van der Waals surface area contributed by atoms with Gasteiger partial charge in [-0.15, -0.1) is 0 Å². The van der Waals surface area contributed by atoms with Crippen molar-refractivity contribution in [3.8, 4) is 11.1 Å². The maximum absolute atomic E-state index is 13.1. The van der Waals surface area contributed by atoms with Gasteiger partial charge in [0.05, 0.1) is 18.0 Å². The Labute approximate surface area is 121 Å². The third kappa shape index (κ3) is 2.34. The molecule has 0 atom stereocenters. The van der Waals surface area contributed by atoms with E-state index >= 15 is 0 Å². The van der Waals surface area contributed by atoms with Crippen LogP contribution in [-0.2, 0) is 11.3 Å². The summed E-state index contributed by atoms with van der Waals surface area (Å²) in [6.07, 6.45) is 0. The topological polar surface area (TPSA) is 65.4 Å². The highest BCUT2D eigenvalue weighted by Gasteiger charge is 2.16. The molecule has 108 valence electrons. The Morgan fingerprint density at radius 2 is 2.00 bits per heavy atom. The van der Waals surface area contributed by atoms with Crippen molar-refractivity contribution in [3.05, 3.63) is 47.5 Å². The standard InChI is InChI=1S/C15H15FN4O/c1-9-7-13-18-12(8-21-2)14(15(17)20(13)19-9)10-3-5-11(16)6-4-10/h3-7H,8,17H2,1-2H3. The van der Waals surface area contributed by atoms with Crippen LogP contribution in [0.4, 0.5) is 10.2 Å². The average Bonchev–Trinajstić information content (AvgIpc) is 2.82. The van der Waals surface area contributed by atoms with E-state index in [0.717, 1.165) is 11.3 Å². The minimum atomic E-state index is -0.297. The van der Waals surface area contributed by atoms with Gasteiger partial charge >= 0.3 is 0 Å². The fourth-order valence-electron chi connectivity index (χ4n) is 2.36. The zero-order valence-corrected chi connectivity index (χ0v) is 11.8. The highest BCUT2D eigenvalue weighted by molar-refractivity contribution is 5.78. The summed E-state index contributed by atoms with van der Waals surface area (Å²) in [5.41, 5.74) is 9.94. The van der Waals surface area contributed by atoms with E-state index in [-0.39, 0.29) is 5.82 Å². The molecule has 6 heteroatoms. The van der Waals surface area contributed by atoms with Crippen LogP contribution in [0.5, 0.6) is 0 Å². The van der Waals surface area contributed by atoms with Gasteiger partial charge in [0.25, 0.3) is 0 Å². The van der Waals surface area contributed by atoms with Crippen molar-refractivity contribution >= 4 is 11.5 Å². The van der Waals surface area contributed by atoms with Crippen LogP contribution in [0.3, 0.4) is 0 Å². The molecule has 0 bridgehead atoms. The molecule has 0 aliphatic carbocycles. The van der Waals surface area contributed by atoms with Crippen LogP contribution in [0.25, 0.3) is 16.8 Å². The van der Waals surface area contributed by atoms with Gasteiger partial charge in [-0.05, 0) is 24.6 Å². The lowest BCUT2D eigenvalue weighted by Crippen LogP contribution is -2.08. The summed E-state index contributed by atoms with van der Waals surface area (Å²) >= 11 is 0. The van der Waals surface area contributed by atoms with Crippen molar-refractivity contribution in [1.29, 1.82) is 0 Å². The van der Waals surface area contributed by atoms with Crippen molar-refractivity contribution in [3.63, 3.8) is 0 Å². The molecule has 2 heterocycles. The summed E-state index contributed by atoms with van der Waals surface area (Å²) in [6.45, 7) is 2.19. The van der Waals surface area contributed by atoms with Crippen LogP contribution in [0.1, 0.15) is 11.4 Å². The van der Waals surface area contributed by atoms with Gasteiger partial charge in [-0.3, -0.25) is 0 Å². The largest absolute Gasteiger partial charge is 0.383 e. The predicted octanol–water partition coefficient (Wildman–Crippen LogP) is 2.57. The number of methoxy groups -OCH3 is 1. The number of anilines is 1. The quantitative estimate of drug-likeness (QED) is 0.803. The van der Waals surface area contributed by atoms with E-state index in [1.807, 2.05) is 13.0 Å². The first kappa shape index (κ1) is 13.5. The lowest BCUT2D eigenvalue weighted by molar-refractivity contribution is 0.182. The summed E-state index contributed by atoms with van der Waals surface area (Å²) in [6, 6.07) is 7.98. The molecule has 0 radical (unpaired) electrons. The molecule has 0 amide bonds. The van der Waals surface area contributed by atoms with Crippen molar-refractivity contribution in [2.45, 2.75) is 13.5 Å². The molecule has 0 unspecified atom stereocenters. The zero-order valence-electron chi connectivity index (χ0n) is 11.8. The van der Waals surface area contributed by atoms with Crippen LogP contribution in [0, 0.1) is 12.7 Å². The molecule has 2 N–H and O–H groups in total. The van der Waals surface area contributed by atoms with Crippen molar-refractivity contribution in [2.24, 2.45) is 0 Å². The van der Waals surface area contributed by atoms with Gasteiger partial charge in [0.2, 0.25) is 0 Å². The number of nitrogens with zero attached hydrogens (tertiary/aromatic N) is 3. The number of rotatable bonds is 3. The average molecular weight is 286 g/mol. The summed E-state index contributed by atoms with van der Waals surface area (Å²) in [7, 11) is 1.60. The number of fused-ring (bicyclic) bond motifs is 1. The first-order valence-corrected chi connectivity index (χ1v) is 6.49. The van der Waals surface area contributed by atoms with Crippen molar-refractivity contribution in [1.82, 2.24) is 14.6 Å². The maximum atomic E-state index is 13.1. The van der Waals surface area contributed by atoms with Crippen molar-refractivity contribution in [2.75, 3.05) is 12.8 Å². The van der Waals surface area contributed by atoms with Gasteiger partial charge < -0.3 is 10.5 Å². The van der Waals surface area contributed by atoms with Crippen LogP contribution in [-0.4, -0.2) is 21.7 Å². The number of halogens is 1. The van der Waals surface area contributed by atoms with Gasteiger partial charge in [-0.2, -0.15) is 9.61 Å². The number of hydrogen-bond donors (Lipinski definition) is 1. The first-order valence-electron chi connectivity index (χ1n) is 6.49. The molecule has 0 saturated heterocycles. The fraction of sp³-hybridized carbons (Fsp3) is 0.200. The highest BCUT2D eigenvalue weighted by Crippen LogP contribution is 2.30. The van der Waals surface area contributed by atoms with Gasteiger partial charge in [-0.1, -0.05) is 12.1 Å². The Balaban J connectivity index is 2.29. The number of aromatic nitrogens is 3. The number of ether oxygens (including phenoxy) is 1. The number of benzene rings is 1. The second-order valence-electron chi connectivity index (χ2n) is 4.81. The highest BCUT2D eigenvalue weighted by atomic mass is 19.1. The van der Waals surface area contributed by atoms with E-state index in [0.29, 0.717) is 29.3 Å². The van der Waals surface area contributed by atoms with Crippen LogP contribution in [0.15, 0.2) is 30.3 Å². The van der Waals surface area contributed by atoms with Crippen LogP contribution < -0.4 is 5.73 Å². The van der Waals surface area contributed by atoms with E-state index in [2.05, 4.69) is 10.1 Å². The Kier molecular flexibility index (Phi) is 3.31. The number of nitrogen functional groups attached to an aromatic ring is 1. The Hall–Kier alpha value is -2.47. The van der Waals surface area contributed by atoms with Crippen LogP contribution >= 0.6 is 0 Å². The molecular formula is C15H15FN4O.